The van der Waals surface area contributed by atoms with Gasteiger partial charge in [0.1, 0.15) is 10.0 Å². The minimum Gasteiger partial charge on any atom is -0.394 e. The second-order valence-electron chi connectivity index (χ2n) is 4.51. The number of aromatic nitrogens is 1. The molecule has 112 valence electrons. The highest BCUT2D eigenvalue weighted by Crippen LogP contribution is 2.26. The van der Waals surface area contributed by atoms with E-state index in [-0.39, 0.29) is 40.9 Å². The van der Waals surface area contributed by atoms with E-state index < -0.39 is 16.1 Å². The van der Waals surface area contributed by atoms with Crippen molar-refractivity contribution in [2.24, 2.45) is 0 Å². The Morgan fingerprint density at radius 2 is 2.25 bits per heavy atom. The molecule has 2 rings (SSSR count). The van der Waals surface area contributed by atoms with E-state index in [1.165, 1.54) is 16.6 Å². The number of hydrogen-bond acceptors (Lipinski definition) is 5. The number of halogens is 2. The van der Waals surface area contributed by atoms with E-state index in [0.29, 0.717) is 0 Å². The number of aliphatic hydroxyl groups excluding tert-OH is 1. The molecular formula is C11H14Cl2N2O4S. The minimum atomic E-state index is -3.76. The summed E-state index contributed by atoms with van der Waals surface area (Å²) in [7, 11) is -3.76. The molecule has 2 unspecified atom stereocenters. The van der Waals surface area contributed by atoms with Gasteiger partial charge in [0.05, 0.1) is 24.3 Å². The molecule has 0 amide bonds. The Kier molecular flexibility index (Phi) is 4.88. The van der Waals surface area contributed by atoms with E-state index >= 15 is 0 Å². The third kappa shape index (κ3) is 3.08. The van der Waals surface area contributed by atoms with Gasteiger partial charge in [-0.15, -0.1) is 0 Å². The van der Waals surface area contributed by atoms with Gasteiger partial charge in [-0.1, -0.05) is 23.2 Å². The fourth-order valence-electron chi connectivity index (χ4n) is 1.92. The summed E-state index contributed by atoms with van der Waals surface area (Å²) < 4.78 is 31.7. The molecule has 1 N–H and O–H groups in total. The summed E-state index contributed by atoms with van der Waals surface area (Å²) in [5.74, 6) is 0. The summed E-state index contributed by atoms with van der Waals surface area (Å²) in [5, 5.41) is 9.24. The van der Waals surface area contributed by atoms with Crippen LogP contribution in [0.25, 0.3) is 0 Å². The molecular weight excluding hydrogens is 327 g/mol. The largest absolute Gasteiger partial charge is 0.394 e. The average Bonchev–Trinajstić information content (AvgIpc) is 2.42. The molecule has 0 aromatic carbocycles. The topological polar surface area (TPSA) is 79.7 Å². The Morgan fingerprint density at radius 3 is 2.85 bits per heavy atom. The summed E-state index contributed by atoms with van der Waals surface area (Å²) in [6.45, 7) is 1.80. The molecule has 1 aromatic heterocycles. The van der Waals surface area contributed by atoms with Crippen LogP contribution in [-0.4, -0.2) is 54.7 Å². The van der Waals surface area contributed by atoms with E-state index in [9.17, 15) is 8.42 Å². The van der Waals surface area contributed by atoms with Crippen LogP contribution in [0.15, 0.2) is 17.2 Å². The molecule has 1 aliphatic heterocycles. The first-order chi connectivity index (χ1) is 9.36. The van der Waals surface area contributed by atoms with Crippen molar-refractivity contribution in [2.45, 2.75) is 24.0 Å². The average molecular weight is 341 g/mol. The summed E-state index contributed by atoms with van der Waals surface area (Å²) in [6.07, 6.45) is 0.636. The number of sulfonamides is 1. The second kappa shape index (κ2) is 6.13. The van der Waals surface area contributed by atoms with Crippen molar-refractivity contribution >= 4 is 33.2 Å². The van der Waals surface area contributed by atoms with Crippen molar-refractivity contribution in [2.75, 3.05) is 19.8 Å². The van der Waals surface area contributed by atoms with E-state index in [1.54, 1.807) is 6.92 Å². The number of rotatable bonds is 3. The highest BCUT2D eigenvalue weighted by molar-refractivity contribution is 7.89. The molecule has 2 heterocycles. The predicted octanol–water partition coefficient (Wildman–Crippen LogP) is 1.16. The van der Waals surface area contributed by atoms with Gasteiger partial charge in [-0.05, 0) is 13.0 Å². The van der Waals surface area contributed by atoms with Crippen molar-refractivity contribution in [3.05, 3.63) is 22.4 Å². The number of nitrogens with zero attached hydrogens (tertiary/aromatic N) is 2. The van der Waals surface area contributed by atoms with Crippen LogP contribution in [0.5, 0.6) is 0 Å². The third-order valence-electron chi connectivity index (χ3n) is 3.03. The van der Waals surface area contributed by atoms with Gasteiger partial charge in [0, 0.05) is 18.8 Å². The standard InChI is InChI=1S/C11H14Cl2N2O4S/c1-7-6-19-8(5-16)4-15(7)20(17,18)9-2-10(12)11(13)14-3-9/h2-3,7-8,16H,4-6H2,1H3. The van der Waals surface area contributed by atoms with Gasteiger partial charge in [-0.25, -0.2) is 13.4 Å². The lowest BCUT2D eigenvalue weighted by atomic mass is 10.2. The van der Waals surface area contributed by atoms with E-state index in [0.717, 1.165) is 0 Å². The minimum absolute atomic E-state index is 0.0302. The number of morpholine rings is 1. The summed E-state index contributed by atoms with van der Waals surface area (Å²) >= 11 is 11.5. The molecule has 0 spiro atoms. The lowest BCUT2D eigenvalue weighted by Gasteiger charge is -2.36. The van der Waals surface area contributed by atoms with Crippen molar-refractivity contribution in [1.29, 1.82) is 0 Å². The molecule has 20 heavy (non-hydrogen) atoms. The number of ether oxygens (including phenoxy) is 1. The van der Waals surface area contributed by atoms with Gasteiger partial charge in [-0.3, -0.25) is 0 Å². The van der Waals surface area contributed by atoms with Crippen LogP contribution in [0, 0.1) is 0 Å². The van der Waals surface area contributed by atoms with Gasteiger partial charge in [0.15, 0.2) is 0 Å². The van der Waals surface area contributed by atoms with Gasteiger partial charge in [0.25, 0.3) is 0 Å². The van der Waals surface area contributed by atoms with Gasteiger partial charge in [-0.2, -0.15) is 4.31 Å². The Balaban J connectivity index is 2.35. The highest BCUT2D eigenvalue weighted by atomic mass is 35.5. The van der Waals surface area contributed by atoms with Crippen molar-refractivity contribution < 1.29 is 18.3 Å². The molecule has 1 saturated heterocycles. The number of hydrogen-bond donors (Lipinski definition) is 1. The zero-order valence-corrected chi connectivity index (χ0v) is 13.0. The quantitative estimate of drug-likeness (QED) is 0.835. The Labute approximate surface area is 127 Å². The van der Waals surface area contributed by atoms with Crippen LogP contribution in [0.2, 0.25) is 10.2 Å². The van der Waals surface area contributed by atoms with Gasteiger partial charge < -0.3 is 9.84 Å². The summed E-state index contributed by atoms with van der Waals surface area (Å²) in [5.41, 5.74) is 0. The molecule has 9 heteroatoms. The third-order valence-corrected chi connectivity index (χ3v) is 5.66. The Morgan fingerprint density at radius 1 is 1.55 bits per heavy atom. The molecule has 2 atom stereocenters. The van der Waals surface area contributed by atoms with Crippen molar-refractivity contribution in [3.8, 4) is 0 Å². The zero-order valence-electron chi connectivity index (χ0n) is 10.7. The van der Waals surface area contributed by atoms with E-state index in [2.05, 4.69) is 4.98 Å². The Bertz CT molecular complexity index is 596. The van der Waals surface area contributed by atoms with Crippen molar-refractivity contribution in [3.63, 3.8) is 0 Å². The van der Waals surface area contributed by atoms with Crippen LogP contribution >= 0.6 is 23.2 Å². The predicted molar refractivity (Wildman–Crippen MR) is 74.4 cm³/mol. The van der Waals surface area contributed by atoms with Crippen LogP contribution in [0.3, 0.4) is 0 Å². The van der Waals surface area contributed by atoms with Gasteiger partial charge >= 0.3 is 0 Å². The first kappa shape index (κ1) is 15.9. The van der Waals surface area contributed by atoms with Gasteiger partial charge in [0.2, 0.25) is 10.0 Å². The van der Waals surface area contributed by atoms with Crippen LogP contribution < -0.4 is 0 Å². The zero-order chi connectivity index (χ0) is 14.9. The smallest absolute Gasteiger partial charge is 0.245 e. The monoisotopic (exact) mass is 340 g/mol. The number of aliphatic hydroxyl groups is 1. The maximum absolute atomic E-state index is 12.6. The van der Waals surface area contributed by atoms with Crippen LogP contribution in [0.1, 0.15) is 6.92 Å². The second-order valence-corrected chi connectivity index (χ2v) is 7.16. The molecule has 0 bridgehead atoms. The Hall–Kier alpha value is -0.440. The molecule has 6 nitrogen and oxygen atoms in total. The first-order valence-electron chi connectivity index (χ1n) is 5.91. The number of pyridine rings is 1. The van der Waals surface area contributed by atoms with E-state index in [4.69, 9.17) is 33.0 Å². The summed E-state index contributed by atoms with van der Waals surface area (Å²) in [6, 6.07) is 0.930. The van der Waals surface area contributed by atoms with Crippen LogP contribution in [-0.2, 0) is 14.8 Å². The van der Waals surface area contributed by atoms with E-state index in [1.807, 2.05) is 0 Å². The molecule has 1 aliphatic rings. The lowest BCUT2D eigenvalue weighted by molar-refractivity contribution is -0.0516. The highest BCUT2D eigenvalue weighted by Gasteiger charge is 2.35. The SMILES string of the molecule is CC1COC(CO)CN1S(=O)(=O)c1cnc(Cl)c(Cl)c1. The molecule has 1 aromatic rings. The van der Waals surface area contributed by atoms with Crippen molar-refractivity contribution in [1.82, 2.24) is 9.29 Å². The normalized spacial score (nSPS) is 24.8. The fraction of sp³-hybridized carbons (Fsp3) is 0.545. The molecule has 1 fully saturated rings. The lowest BCUT2D eigenvalue weighted by Crippen LogP contribution is -2.51. The molecule has 0 radical (unpaired) electrons. The summed E-state index contributed by atoms with van der Waals surface area (Å²) in [4.78, 5) is 3.72. The maximum Gasteiger partial charge on any atom is 0.245 e. The first-order valence-corrected chi connectivity index (χ1v) is 8.11. The fourth-order valence-corrected chi connectivity index (χ4v) is 3.87. The van der Waals surface area contributed by atoms with Crippen LogP contribution in [0.4, 0.5) is 0 Å². The maximum atomic E-state index is 12.6. The molecule has 0 aliphatic carbocycles. The molecule has 0 saturated carbocycles.